The molecule has 0 heterocycles. The molecule has 0 saturated heterocycles. The van der Waals surface area contributed by atoms with Crippen LogP contribution < -0.4 is 0 Å². The van der Waals surface area contributed by atoms with Gasteiger partial charge in [0.2, 0.25) is 0 Å². The lowest BCUT2D eigenvalue weighted by atomic mass is 10.0. The minimum Gasteiger partial charge on any atom is -0.282 e. The van der Waals surface area contributed by atoms with Crippen LogP contribution in [-0.2, 0) is 10.1 Å². The lowest BCUT2D eigenvalue weighted by molar-refractivity contribution is 0.471. The predicted octanol–water partition coefficient (Wildman–Crippen LogP) is 4.63. The van der Waals surface area contributed by atoms with Gasteiger partial charge in [0, 0.05) is 9.64 Å². The fourth-order valence-corrected chi connectivity index (χ4v) is 2.44. The van der Waals surface area contributed by atoms with Gasteiger partial charge in [0.05, 0.1) is 0 Å². The zero-order valence-electron chi connectivity index (χ0n) is 11.9. The van der Waals surface area contributed by atoms with E-state index in [0.29, 0.717) is 18.1 Å². The van der Waals surface area contributed by atoms with Crippen molar-refractivity contribution in [3.63, 3.8) is 0 Å². The third-order valence-electron chi connectivity index (χ3n) is 2.71. The number of rotatable bonds is 2. The lowest BCUT2D eigenvalue weighted by Crippen LogP contribution is -2.01. The Bertz CT molecular complexity index is 729. The van der Waals surface area contributed by atoms with Crippen molar-refractivity contribution in [3.05, 3.63) is 63.2 Å². The van der Waals surface area contributed by atoms with E-state index in [9.17, 15) is 17.2 Å². The maximum Gasteiger partial charge on any atom is 0.297 e. The fourth-order valence-electron chi connectivity index (χ4n) is 1.53. The van der Waals surface area contributed by atoms with Crippen LogP contribution in [-0.4, -0.2) is 13.0 Å². The molecular weight excluding hydrogens is 425 g/mol. The van der Waals surface area contributed by atoms with Crippen LogP contribution in [0.5, 0.6) is 0 Å². The predicted molar refractivity (Wildman–Crippen MR) is 89.4 cm³/mol. The summed E-state index contributed by atoms with van der Waals surface area (Å²) in [4.78, 5) is -0.927. The number of hydrogen-bond donors (Lipinski definition) is 1. The maximum absolute atomic E-state index is 12.6. The van der Waals surface area contributed by atoms with Gasteiger partial charge in [-0.05, 0) is 58.3 Å². The maximum atomic E-state index is 12.6. The number of benzene rings is 2. The van der Waals surface area contributed by atoms with E-state index in [0.717, 1.165) is 6.07 Å². The van der Waals surface area contributed by atoms with Gasteiger partial charge in [-0.15, -0.1) is 0 Å². The Balaban J connectivity index is 0.000000224. The van der Waals surface area contributed by atoms with Gasteiger partial charge >= 0.3 is 0 Å². The minimum atomic E-state index is -4.59. The van der Waals surface area contributed by atoms with Crippen molar-refractivity contribution in [2.24, 2.45) is 0 Å². The normalized spacial score (nSPS) is 11.0. The second-order valence-electron chi connectivity index (χ2n) is 4.76. The molecule has 120 valence electrons. The highest BCUT2D eigenvalue weighted by atomic mass is 127. The van der Waals surface area contributed by atoms with Gasteiger partial charge in [0.15, 0.2) is 0 Å². The van der Waals surface area contributed by atoms with Gasteiger partial charge < -0.3 is 0 Å². The zero-order valence-corrected chi connectivity index (χ0v) is 14.9. The average molecular weight is 440 g/mol. The van der Waals surface area contributed by atoms with E-state index in [1.807, 2.05) is 0 Å². The Hall–Kier alpha value is -1.06. The first-order chi connectivity index (χ1) is 10.1. The molecule has 0 aliphatic carbocycles. The van der Waals surface area contributed by atoms with E-state index >= 15 is 0 Å². The van der Waals surface area contributed by atoms with E-state index < -0.39 is 26.6 Å². The smallest absolute Gasteiger partial charge is 0.282 e. The molecule has 0 aliphatic rings. The van der Waals surface area contributed by atoms with E-state index in [1.54, 1.807) is 0 Å². The van der Waals surface area contributed by atoms with E-state index in [-0.39, 0.29) is 0 Å². The molecule has 0 saturated carbocycles. The van der Waals surface area contributed by atoms with Crippen molar-refractivity contribution in [3.8, 4) is 0 Å². The van der Waals surface area contributed by atoms with E-state index in [4.69, 9.17) is 4.55 Å². The molecule has 0 aliphatic heterocycles. The Morgan fingerprint density at radius 2 is 1.59 bits per heavy atom. The summed E-state index contributed by atoms with van der Waals surface area (Å²) >= 11 is 2.32. The summed E-state index contributed by atoms with van der Waals surface area (Å²) in [5.74, 6) is -1.56. The van der Waals surface area contributed by atoms with E-state index in [1.165, 1.54) is 9.13 Å². The van der Waals surface area contributed by atoms with Gasteiger partial charge in [-0.25, -0.2) is 8.78 Å². The molecular formula is C15H15F2IO3S. The van der Waals surface area contributed by atoms with Crippen molar-refractivity contribution < 1.29 is 21.8 Å². The molecule has 2 rings (SSSR count). The molecule has 2 aromatic carbocycles. The standard InChI is InChI=1S/C9H11I.C6H4F2O3S/c1-7(2)8-3-5-9(10)6-4-8;7-4-1-2-6(5(8)3-4)12(9,10)11/h3-7H,1-2H3;1-3H,(H,9,10,11). The molecule has 0 radical (unpaired) electrons. The van der Waals surface area contributed by atoms with Crippen LogP contribution in [0.3, 0.4) is 0 Å². The Morgan fingerprint density at radius 3 is 2.00 bits per heavy atom. The number of halogens is 3. The van der Waals surface area contributed by atoms with Crippen LogP contribution in [0.25, 0.3) is 0 Å². The Labute approximate surface area is 142 Å². The van der Waals surface area contributed by atoms with Gasteiger partial charge in [-0.3, -0.25) is 4.55 Å². The molecule has 0 fully saturated rings. The molecule has 0 spiro atoms. The molecule has 0 unspecified atom stereocenters. The van der Waals surface area contributed by atoms with Crippen LogP contribution >= 0.6 is 22.6 Å². The summed E-state index contributed by atoms with van der Waals surface area (Å²) in [6.07, 6.45) is 0. The fraction of sp³-hybridized carbons (Fsp3) is 0.200. The molecule has 0 aromatic heterocycles. The first-order valence-electron chi connectivity index (χ1n) is 6.29. The van der Waals surface area contributed by atoms with Gasteiger partial charge in [-0.2, -0.15) is 8.42 Å². The Kier molecular flexibility index (Phi) is 6.89. The van der Waals surface area contributed by atoms with Gasteiger partial charge in [0.1, 0.15) is 16.5 Å². The molecule has 2 aromatic rings. The molecule has 3 nitrogen and oxygen atoms in total. The Morgan fingerprint density at radius 1 is 1.05 bits per heavy atom. The highest BCUT2D eigenvalue weighted by Crippen LogP contribution is 2.15. The summed E-state index contributed by atoms with van der Waals surface area (Å²) in [5, 5.41) is 0. The highest BCUT2D eigenvalue weighted by molar-refractivity contribution is 14.1. The second kappa shape index (κ2) is 7.98. The third kappa shape index (κ3) is 5.98. The largest absolute Gasteiger partial charge is 0.297 e. The minimum absolute atomic E-state index is 0.378. The van der Waals surface area contributed by atoms with Crippen LogP contribution in [0.4, 0.5) is 8.78 Å². The molecule has 0 amide bonds. The number of hydrogen-bond acceptors (Lipinski definition) is 2. The van der Waals surface area contributed by atoms with Crippen LogP contribution in [0.15, 0.2) is 47.4 Å². The zero-order chi connectivity index (χ0) is 16.9. The van der Waals surface area contributed by atoms with Crippen LogP contribution in [0.2, 0.25) is 0 Å². The molecule has 22 heavy (non-hydrogen) atoms. The van der Waals surface area contributed by atoms with Crippen molar-refractivity contribution in [1.29, 1.82) is 0 Å². The van der Waals surface area contributed by atoms with Crippen LogP contribution in [0, 0.1) is 15.2 Å². The van der Waals surface area contributed by atoms with Crippen molar-refractivity contribution in [1.82, 2.24) is 0 Å². The van der Waals surface area contributed by atoms with Gasteiger partial charge in [-0.1, -0.05) is 26.0 Å². The summed E-state index contributed by atoms with van der Waals surface area (Å²) < 4.78 is 55.2. The highest BCUT2D eigenvalue weighted by Gasteiger charge is 2.15. The first-order valence-corrected chi connectivity index (χ1v) is 8.81. The summed E-state index contributed by atoms with van der Waals surface area (Å²) in [6.45, 7) is 4.42. The third-order valence-corrected chi connectivity index (χ3v) is 4.31. The van der Waals surface area contributed by atoms with E-state index in [2.05, 4.69) is 60.7 Å². The van der Waals surface area contributed by atoms with Crippen molar-refractivity contribution >= 4 is 32.7 Å². The van der Waals surface area contributed by atoms with Crippen molar-refractivity contribution in [2.75, 3.05) is 0 Å². The SMILES string of the molecule is CC(C)c1ccc(I)cc1.O=S(=O)(O)c1ccc(F)cc1F. The van der Waals surface area contributed by atoms with Gasteiger partial charge in [0.25, 0.3) is 10.1 Å². The van der Waals surface area contributed by atoms with Crippen molar-refractivity contribution in [2.45, 2.75) is 24.7 Å². The summed E-state index contributed by atoms with van der Waals surface area (Å²) in [5.41, 5.74) is 1.42. The topological polar surface area (TPSA) is 54.4 Å². The lowest BCUT2D eigenvalue weighted by Gasteiger charge is -2.03. The molecule has 7 heteroatoms. The molecule has 1 N–H and O–H groups in total. The quantitative estimate of drug-likeness (QED) is 0.548. The monoisotopic (exact) mass is 440 g/mol. The average Bonchev–Trinajstić information content (AvgIpc) is 2.38. The first kappa shape index (κ1) is 19.0. The summed E-state index contributed by atoms with van der Waals surface area (Å²) in [7, 11) is -4.59. The second-order valence-corrected chi connectivity index (χ2v) is 7.39. The molecule has 0 bridgehead atoms. The van der Waals surface area contributed by atoms with Crippen LogP contribution in [0.1, 0.15) is 25.3 Å². The summed E-state index contributed by atoms with van der Waals surface area (Å²) in [6, 6.07) is 10.4. The molecule has 0 atom stereocenters.